The van der Waals surface area contributed by atoms with Gasteiger partial charge in [0.2, 0.25) is 0 Å². The first kappa shape index (κ1) is 19.2. The summed E-state index contributed by atoms with van der Waals surface area (Å²) in [5.41, 5.74) is 1.73. The van der Waals surface area contributed by atoms with Crippen molar-refractivity contribution < 1.29 is 14.3 Å². The molecule has 0 N–H and O–H groups in total. The van der Waals surface area contributed by atoms with Gasteiger partial charge in [0.05, 0.1) is 6.04 Å². The van der Waals surface area contributed by atoms with Crippen LogP contribution in [0.2, 0.25) is 0 Å². The summed E-state index contributed by atoms with van der Waals surface area (Å²) in [7, 11) is 1.79. The van der Waals surface area contributed by atoms with Crippen LogP contribution in [0.4, 0.5) is 4.79 Å². The number of hydrogen-bond donors (Lipinski definition) is 0. The van der Waals surface area contributed by atoms with E-state index in [1.807, 2.05) is 45.0 Å². The normalized spacial score (nSPS) is 12.6. The molecule has 1 atom stereocenters. The lowest BCUT2D eigenvalue weighted by atomic mass is 9.99. The van der Waals surface area contributed by atoms with E-state index in [4.69, 9.17) is 4.74 Å². The number of amides is 1. The first-order valence-electron chi connectivity index (χ1n) is 8.26. The van der Waals surface area contributed by atoms with Gasteiger partial charge < -0.3 is 14.4 Å². The molecule has 0 aromatic heterocycles. The van der Waals surface area contributed by atoms with Crippen LogP contribution < -0.4 is 0 Å². The van der Waals surface area contributed by atoms with Crippen LogP contribution in [-0.2, 0) is 16.0 Å². The summed E-state index contributed by atoms with van der Waals surface area (Å²) in [5.74, 6) is 0. The molecule has 23 heavy (non-hydrogen) atoms. The zero-order valence-corrected chi connectivity index (χ0v) is 15.0. The minimum absolute atomic E-state index is 0.00466. The molecule has 1 unspecified atom stereocenters. The van der Waals surface area contributed by atoms with Crippen molar-refractivity contribution in [2.45, 2.75) is 65.0 Å². The molecule has 0 aliphatic heterocycles. The van der Waals surface area contributed by atoms with Crippen LogP contribution in [-0.4, -0.2) is 29.9 Å². The van der Waals surface area contributed by atoms with Crippen molar-refractivity contribution in [1.82, 2.24) is 4.90 Å². The predicted molar refractivity (Wildman–Crippen MR) is 92.5 cm³/mol. The van der Waals surface area contributed by atoms with Gasteiger partial charge in [-0.15, -0.1) is 0 Å². The third-order valence-corrected chi connectivity index (χ3v) is 3.63. The van der Waals surface area contributed by atoms with Gasteiger partial charge >= 0.3 is 6.09 Å². The van der Waals surface area contributed by atoms with E-state index in [9.17, 15) is 9.59 Å². The lowest BCUT2D eigenvalue weighted by Crippen LogP contribution is -2.36. The van der Waals surface area contributed by atoms with E-state index in [0.29, 0.717) is 6.42 Å². The van der Waals surface area contributed by atoms with Gasteiger partial charge in [0.15, 0.2) is 0 Å². The second-order valence-corrected chi connectivity index (χ2v) is 6.84. The number of aldehydes is 1. The molecule has 0 aliphatic carbocycles. The van der Waals surface area contributed by atoms with Crippen molar-refractivity contribution in [3.8, 4) is 0 Å². The minimum Gasteiger partial charge on any atom is -0.444 e. The highest BCUT2D eigenvalue weighted by Gasteiger charge is 2.25. The standard InChI is InChI=1S/C19H29NO3/c1-6-8-17(20(5)18(22)23-19(2,3)4)16-12-10-15(11-13-16)9-7-14-21/h10-14,17H,6-9H2,1-5H3. The van der Waals surface area contributed by atoms with E-state index in [1.54, 1.807) is 11.9 Å². The average molecular weight is 319 g/mol. The van der Waals surface area contributed by atoms with Crippen molar-refractivity contribution in [1.29, 1.82) is 0 Å². The van der Waals surface area contributed by atoms with Crippen molar-refractivity contribution in [3.63, 3.8) is 0 Å². The van der Waals surface area contributed by atoms with Gasteiger partial charge in [-0.1, -0.05) is 37.6 Å². The smallest absolute Gasteiger partial charge is 0.410 e. The number of ether oxygens (including phenoxy) is 1. The summed E-state index contributed by atoms with van der Waals surface area (Å²) in [5, 5.41) is 0. The number of carbonyl (C=O) groups excluding carboxylic acids is 2. The van der Waals surface area contributed by atoms with E-state index in [1.165, 1.54) is 0 Å². The van der Waals surface area contributed by atoms with Crippen molar-refractivity contribution in [3.05, 3.63) is 35.4 Å². The molecule has 0 fully saturated rings. The highest BCUT2D eigenvalue weighted by atomic mass is 16.6. The Morgan fingerprint density at radius 2 is 1.87 bits per heavy atom. The monoisotopic (exact) mass is 319 g/mol. The number of rotatable bonds is 7. The Morgan fingerprint density at radius 1 is 1.26 bits per heavy atom. The van der Waals surface area contributed by atoms with Crippen molar-refractivity contribution >= 4 is 12.4 Å². The molecular weight excluding hydrogens is 290 g/mol. The van der Waals surface area contributed by atoms with E-state index in [0.717, 1.165) is 36.7 Å². The maximum Gasteiger partial charge on any atom is 0.410 e. The summed E-state index contributed by atoms with van der Waals surface area (Å²) in [6.45, 7) is 7.72. The SMILES string of the molecule is CCCC(c1ccc(CCC=O)cc1)N(C)C(=O)OC(C)(C)C. The van der Waals surface area contributed by atoms with E-state index in [-0.39, 0.29) is 12.1 Å². The highest BCUT2D eigenvalue weighted by molar-refractivity contribution is 5.68. The Labute approximate surface area is 139 Å². The van der Waals surface area contributed by atoms with E-state index in [2.05, 4.69) is 6.92 Å². The van der Waals surface area contributed by atoms with Crippen LogP contribution in [0.25, 0.3) is 0 Å². The molecule has 1 aromatic carbocycles. The quantitative estimate of drug-likeness (QED) is 0.694. The first-order valence-corrected chi connectivity index (χ1v) is 8.26. The molecule has 0 heterocycles. The molecule has 128 valence electrons. The number of nitrogens with zero attached hydrogens (tertiary/aromatic N) is 1. The van der Waals surface area contributed by atoms with Crippen LogP contribution in [0, 0.1) is 0 Å². The van der Waals surface area contributed by atoms with Crippen LogP contribution in [0.5, 0.6) is 0 Å². The predicted octanol–water partition coefficient (Wildman–Crippen LogP) is 4.53. The Morgan fingerprint density at radius 3 is 2.35 bits per heavy atom. The fourth-order valence-corrected chi connectivity index (χ4v) is 2.45. The van der Waals surface area contributed by atoms with Crippen LogP contribution in [0.1, 0.15) is 64.1 Å². The van der Waals surface area contributed by atoms with Gasteiger partial charge in [-0.2, -0.15) is 0 Å². The number of aryl methyl sites for hydroxylation is 1. The Bertz CT molecular complexity index is 502. The van der Waals surface area contributed by atoms with Gasteiger partial charge in [0.1, 0.15) is 11.9 Å². The third-order valence-electron chi connectivity index (χ3n) is 3.63. The largest absolute Gasteiger partial charge is 0.444 e. The summed E-state index contributed by atoms with van der Waals surface area (Å²) in [4.78, 5) is 24.5. The molecule has 0 saturated heterocycles. The molecule has 0 aliphatic rings. The second-order valence-electron chi connectivity index (χ2n) is 6.84. The molecular formula is C19H29NO3. The molecule has 0 saturated carbocycles. The molecule has 1 rings (SSSR count). The maximum atomic E-state index is 12.3. The van der Waals surface area contributed by atoms with Gasteiger partial charge in [-0.25, -0.2) is 4.79 Å². The zero-order chi connectivity index (χ0) is 17.5. The van der Waals surface area contributed by atoms with Crippen LogP contribution in [0.3, 0.4) is 0 Å². The van der Waals surface area contributed by atoms with Crippen LogP contribution in [0.15, 0.2) is 24.3 Å². The van der Waals surface area contributed by atoms with Crippen LogP contribution >= 0.6 is 0 Å². The number of hydrogen-bond acceptors (Lipinski definition) is 3. The van der Waals surface area contributed by atoms with Gasteiger partial charge in [-0.05, 0) is 44.7 Å². The molecule has 1 aromatic rings. The molecule has 0 radical (unpaired) electrons. The molecule has 0 bridgehead atoms. The van der Waals surface area contributed by atoms with Gasteiger partial charge in [0.25, 0.3) is 0 Å². The fraction of sp³-hybridized carbons (Fsp3) is 0.579. The summed E-state index contributed by atoms with van der Waals surface area (Å²) >= 11 is 0. The number of carbonyl (C=O) groups is 2. The van der Waals surface area contributed by atoms with E-state index >= 15 is 0 Å². The summed E-state index contributed by atoms with van der Waals surface area (Å²) in [6.07, 6.45) is 3.78. The Kier molecular flexibility index (Phi) is 7.27. The summed E-state index contributed by atoms with van der Waals surface area (Å²) < 4.78 is 5.47. The van der Waals surface area contributed by atoms with Gasteiger partial charge in [0, 0.05) is 13.5 Å². The minimum atomic E-state index is -0.499. The zero-order valence-electron chi connectivity index (χ0n) is 15.0. The third kappa shape index (κ3) is 6.43. The topological polar surface area (TPSA) is 46.6 Å². The summed E-state index contributed by atoms with van der Waals surface area (Å²) in [6, 6.07) is 8.15. The molecule has 1 amide bonds. The molecule has 4 heteroatoms. The van der Waals surface area contributed by atoms with Crippen molar-refractivity contribution in [2.24, 2.45) is 0 Å². The first-order chi connectivity index (χ1) is 10.8. The highest BCUT2D eigenvalue weighted by Crippen LogP contribution is 2.26. The Hall–Kier alpha value is -1.84. The maximum absolute atomic E-state index is 12.3. The van der Waals surface area contributed by atoms with Crippen molar-refractivity contribution in [2.75, 3.05) is 7.05 Å². The molecule has 0 spiro atoms. The lowest BCUT2D eigenvalue weighted by molar-refractivity contribution is -0.107. The van der Waals surface area contributed by atoms with E-state index < -0.39 is 5.60 Å². The van der Waals surface area contributed by atoms with Gasteiger partial charge in [-0.3, -0.25) is 0 Å². The Balaban J connectivity index is 2.88. The fourth-order valence-electron chi connectivity index (χ4n) is 2.45. The lowest BCUT2D eigenvalue weighted by Gasteiger charge is -2.31. The molecule has 4 nitrogen and oxygen atoms in total. The average Bonchev–Trinajstić information content (AvgIpc) is 2.49. The second kappa shape index (κ2) is 8.70. The number of benzene rings is 1.